The van der Waals surface area contributed by atoms with Gasteiger partial charge in [-0.25, -0.2) is 0 Å². The third-order valence-corrected chi connectivity index (χ3v) is 3.64. The van der Waals surface area contributed by atoms with Crippen molar-refractivity contribution in [3.05, 3.63) is 29.5 Å². The van der Waals surface area contributed by atoms with Crippen molar-refractivity contribution < 1.29 is 0 Å². The number of benzene rings is 1. The zero-order valence-corrected chi connectivity index (χ0v) is 9.29. The summed E-state index contributed by atoms with van der Waals surface area (Å²) >= 11 is 0. The second-order valence-corrected chi connectivity index (χ2v) is 4.65. The van der Waals surface area contributed by atoms with E-state index in [1.165, 1.54) is 35.0 Å². The number of anilines is 1. The van der Waals surface area contributed by atoms with E-state index in [1.807, 2.05) is 6.07 Å². The summed E-state index contributed by atoms with van der Waals surface area (Å²) in [6.07, 6.45) is 3.58. The van der Waals surface area contributed by atoms with Crippen LogP contribution < -0.4 is 11.5 Å². The van der Waals surface area contributed by atoms with Crippen LogP contribution in [0.4, 0.5) is 5.69 Å². The van der Waals surface area contributed by atoms with Crippen molar-refractivity contribution in [2.24, 2.45) is 5.73 Å². The number of nitrogen functional groups attached to an aromatic ring is 1. The van der Waals surface area contributed by atoms with E-state index in [9.17, 15) is 0 Å². The first-order chi connectivity index (χ1) is 7.79. The predicted octanol–water partition coefficient (Wildman–Crippen LogP) is 2.13. The number of hydrogen-bond donors (Lipinski definition) is 3. The van der Waals surface area contributed by atoms with Crippen LogP contribution in [0, 0.1) is 0 Å². The molecule has 0 saturated carbocycles. The van der Waals surface area contributed by atoms with Crippen LogP contribution >= 0.6 is 0 Å². The highest BCUT2D eigenvalue weighted by atomic mass is 14.8. The van der Waals surface area contributed by atoms with Gasteiger partial charge in [-0.05, 0) is 43.0 Å². The number of nitrogens with one attached hydrogen (secondary N) is 1. The van der Waals surface area contributed by atoms with Crippen LogP contribution in [-0.2, 0) is 6.42 Å². The Bertz CT molecular complexity index is 527. The topological polar surface area (TPSA) is 67.8 Å². The highest BCUT2D eigenvalue weighted by molar-refractivity contribution is 5.87. The molecule has 1 aromatic heterocycles. The maximum Gasteiger partial charge on any atom is 0.0460 e. The van der Waals surface area contributed by atoms with Gasteiger partial charge in [0.15, 0.2) is 0 Å². The van der Waals surface area contributed by atoms with Crippen LogP contribution in [0.25, 0.3) is 10.9 Å². The average molecular weight is 215 g/mol. The maximum atomic E-state index is 5.84. The summed E-state index contributed by atoms with van der Waals surface area (Å²) in [6, 6.07) is 6.09. The zero-order chi connectivity index (χ0) is 11.1. The molecular weight excluding hydrogens is 198 g/mol. The predicted molar refractivity (Wildman–Crippen MR) is 67.4 cm³/mol. The average Bonchev–Trinajstić information content (AvgIpc) is 2.67. The minimum Gasteiger partial charge on any atom is -0.399 e. The minimum atomic E-state index is 0.498. The number of hydrogen-bond acceptors (Lipinski definition) is 2. The van der Waals surface area contributed by atoms with Gasteiger partial charge in [0.25, 0.3) is 0 Å². The van der Waals surface area contributed by atoms with Gasteiger partial charge in [-0.1, -0.05) is 0 Å². The third-order valence-electron chi connectivity index (χ3n) is 3.64. The summed E-state index contributed by atoms with van der Waals surface area (Å²) in [5, 5.41) is 1.29. The second-order valence-electron chi connectivity index (χ2n) is 4.65. The summed E-state index contributed by atoms with van der Waals surface area (Å²) in [7, 11) is 0. The zero-order valence-electron chi connectivity index (χ0n) is 9.29. The monoisotopic (exact) mass is 215 g/mol. The van der Waals surface area contributed by atoms with Gasteiger partial charge in [-0.15, -0.1) is 0 Å². The van der Waals surface area contributed by atoms with E-state index in [4.69, 9.17) is 11.5 Å². The largest absolute Gasteiger partial charge is 0.399 e. The molecule has 1 aliphatic carbocycles. The SMILES string of the molecule is NCC1CCCc2c1[nH]c1ccc(N)cc21. The van der Waals surface area contributed by atoms with Crippen molar-refractivity contribution in [2.45, 2.75) is 25.2 Å². The first-order valence-electron chi connectivity index (χ1n) is 5.89. The lowest BCUT2D eigenvalue weighted by molar-refractivity contribution is 0.553. The fraction of sp³-hybridized carbons (Fsp3) is 0.385. The van der Waals surface area contributed by atoms with Crippen molar-refractivity contribution >= 4 is 16.6 Å². The Hall–Kier alpha value is -1.48. The van der Waals surface area contributed by atoms with Gasteiger partial charge in [-0.3, -0.25) is 0 Å². The van der Waals surface area contributed by atoms with Crippen molar-refractivity contribution in [1.29, 1.82) is 0 Å². The lowest BCUT2D eigenvalue weighted by Gasteiger charge is -2.20. The van der Waals surface area contributed by atoms with E-state index in [0.29, 0.717) is 5.92 Å². The number of aryl methyl sites for hydroxylation is 1. The molecule has 0 radical (unpaired) electrons. The third kappa shape index (κ3) is 1.32. The summed E-state index contributed by atoms with van der Waals surface area (Å²) in [6.45, 7) is 0.731. The number of H-pyrrole nitrogens is 1. The van der Waals surface area contributed by atoms with Crippen molar-refractivity contribution in [2.75, 3.05) is 12.3 Å². The molecule has 0 spiro atoms. The van der Waals surface area contributed by atoms with E-state index in [1.54, 1.807) is 0 Å². The number of nitrogens with two attached hydrogens (primary N) is 2. The Kier molecular flexibility index (Phi) is 2.14. The lowest BCUT2D eigenvalue weighted by Crippen LogP contribution is -2.17. The van der Waals surface area contributed by atoms with Crippen LogP contribution in [0.15, 0.2) is 18.2 Å². The van der Waals surface area contributed by atoms with Crippen LogP contribution in [0.1, 0.15) is 30.0 Å². The quantitative estimate of drug-likeness (QED) is 0.638. The van der Waals surface area contributed by atoms with E-state index in [0.717, 1.165) is 18.7 Å². The van der Waals surface area contributed by atoms with Gasteiger partial charge < -0.3 is 16.5 Å². The van der Waals surface area contributed by atoms with E-state index in [2.05, 4.69) is 17.1 Å². The molecule has 0 amide bonds. The molecule has 0 fully saturated rings. The van der Waals surface area contributed by atoms with Gasteiger partial charge >= 0.3 is 0 Å². The van der Waals surface area contributed by atoms with Gasteiger partial charge in [0.2, 0.25) is 0 Å². The van der Waals surface area contributed by atoms with Crippen LogP contribution in [0.2, 0.25) is 0 Å². The number of aromatic nitrogens is 1. The highest BCUT2D eigenvalue weighted by Crippen LogP contribution is 2.35. The molecule has 1 aromatic carbocycles. The van der Waals surface area contributed by atoms with Crippen LogP contribution in [0.3, 0.4) is 0 Å². The molecule has 3 heteroatoms. The fourth-order valence-electron chi connectivity index (χ4n) is 2.81. The summed E-state index contributed by atoms with van der Waals surface area (Å²) in [4.78, 5) is 3.51. The number of aromatic amines is 1. The molecule has 0 bridgehead atoms. The van der Waals surface area contributed by atoms with E-state index in [-0.39, 0.29) is 0 Å². The molecule has 5 N–H and O–H groups in total. The smallest absolute Gasteiger partial charge is 0.0460 e. The Morgan fingerprint density at radius 1 is 1.38 bits per heavy atom. The van der Waals surface area contributed by atoms with Gasteiger partial charge in [-0.2, -0.15) is 0 Å². The Balaban J connectivity index is 2.24. The van der Waals surface area contributed by atoms with Gasteiger partial charge in [0, 0.05) is 34.7 Å². The van der Waals surface area contributed by atoms with Crippen LogP contribution in [-0.4, -0.2) is 11.5 Å². The molecule has 16 heavy (non-hydrogen) atoms. The Labute approximate surface area is 94.8 Å². The Morgan fingerprint density at radius 2 is 2.25 bits per heavy atom. The molecule has 84 valence electrons. The van der Waals surface area contributed by atoms with Crippen molar-refractivity contribution in [3.63, 3.8) is 0 Å². The standard InChI is InChI=1S/C13H17N3/c14-7-8-2-1-3-10-11-6-9(15)4-5-12(11)16-13(8)10/h4-6,8,16H,1-3,7,14-15H2. The normalized spacial score (nSPS) is 19.9. The molecule has 2 aromatic rings. The van der Waals surface area contributed by atoms with E-state index >= 15 is 0 Å². The summed E-state index contributed by atoms with van der Waals surface area (Å²) < 4.78 is 0. The highest BCUT2D eigenvalue weighted by Gasteiger charge is 2.22. The van der Waals surface area contributed by atoms with Gasteiger partial charge in [0.05, 0.1) is 0 Å². The van der Waals surface area contributed by atoms with Crippen molar-refractivity contribution in [3.8, 4) is 0 Å². The molecule has 3 nitrogen and oxygen atoms in total. The second kappa shape index (κ2) is 3.52. The molecular formula is C13H17N3. The first kappa shape index (κ1) is 9.73. The lowest BCUT2D eigenvalue weighted by atomic mass is 9.87. The number of fused-ring (bicyclic) bond motifs is 3. The maximum absolute atomic E-state index is 5.84. The summed E-state index contributed by atoms with van der Waals surface area (Å²) in [5.74, 6) is 0.498. The molecule has 1 aliphatic rings. The molecule has 1 heterocycles. The van der Waals surface area contributed by atoms with E-state index < -0.39 is 0 Å². The fourth-order valence-corrected chi connectivity index (χ4v) is 2.81. The molecule has 1 atom stereocenters. The molecule has 1 unspecified atom stereocenters. The molecule has 0 aliphatic heterocycles. The van der Waals surface area contributed by atoms with Gasteiger partial charge in [0.1, 0.15) is 0 Å². The summed E-state index contributed by atoms with van der Waals surface area (Å²) in [5.41, 5.74) is 16.5. The first-order valence-corrected chi connectivity index (χ1v) is 5.89. The van der Waals surface area contributed by atoms with Crippen LogP contribution in [0.5, 0.6) is 0 Å². The number of rotatable bonds is 1. The van der Waals surface area contributed by atoms with Crippen molar-refractivity contribution in [1.82, 2.24) is 4.98 Å². The Morgan fingerprint density at radius 3 is 3.06 bits per heavy atom. The molecule has 3 rings (SSSR count). The molecule has 0 saturated heterocycles. The minimum absolute atomic E-state index is 0.498.